The minimum Gasteiger partial charge on any atom is -0.393 e. The molecule has 0 saturated heterocycles. The van der Waals surface area contributed by atoms with Crippen molar-refractivity contribution in [3.8, 4) is 11.4 Å². The average Bonchev–Trinajstić information content (AvgIpc) is 3.23. The van der Waals surface area contributed by atoms with Gasteiger partial charge in [0.25, 0.3) is 0 Å². The van der Waals surface area contributed by atoms with Gasteiger partial charge in [-0.3, -0.25) is 0 Å². The summed E-state index contributed by atoms with van der Waals surface area (Å²) in [6, 6.07) is 20.1. The highest BCUT2D eigenvalue weighted by molar-refractivity contribution is 5.90. The molecule has 0 unspecified atom stereocenters. The van der Waals surface area contributed by atoms with Gasteiger partial charge in [0.2, 0.25) is 0 Å². The van der Waals surface area contributed by atoms with E-state index in [1.807, 2.05) is 48.5 Å². The van der Waals surface area contributed by atoms with Gasteiger partial charge < -0.3 is 11.1 Å². The van der Waals surface area contributed by atoms with Crippen LogP contribution in [0, 0.1) is 0 Å². The summed E-state index contributed by atoms with van der Waals surface area (Å²) in [5, 5.41) is 3.36. The summed E-state index contributed by atoms with van der Waals surface area (Å²) in [6.45, 7) is 0.645. The van der Waals surface area contributed by atoms with E-state index >= 15 is 0 Å². The van der Waals surface area contributed by atoms with Crippen LogP contribution in [0.25, 0.3) is 11.4 Å². The van der Waals surface area contributed by atoms with E-state index < -0.39 is 0 Å². The van der Waals surface area contributed by atoms with Crippen LogP contribution in [0.5, 0.6) is 0 Å². The van der Waals surface area contributed by atoms with Gasteiger partial charge in [-0.1, -0.05) is 60.7 Å². The lowest BCUT2D eigenvalue weighted by molar-refractivity contribution is 0.886. The lowest BCUT2D eigenvalue weighted by Crippen LogP contribution is -2.07. The smallest absolute Gasteiger partial charge is 0.181 e. The highest BCUT2D eigenvalue weighted by Gasteiger charge is 2.15. The molecule has 0 spiro atoms. The van der Waals surface area contributed by atoms with Crippen LogP contribution in [-0.4, -0.2) is 15.7 Å². The quantitative estimate of drug-likeness (QED) is 0.607. The van der Waals surface area contributed by atoms with Crippen LogP contribution in [-0.2, 0) is 6.54 Å². The minimum absolute atomic E-state index is 0. The van der Waals surface area contributed by atoms with Crippen molar-refractivity contribution >= 4 is 35.4 Å². The van der Waals surface area contributed by atoms with Gasteiger partial charge in [0.1, 0.15) is 5.69 Å². The highest BCUT2D eigenvalue weighted by atomic mass is 35.5. The third kappa shape index (κ3) is 4.67. The lowest BCUT2D eigenvalue weighted by Gasteiger charge is -2.12. The molecule has 0 amide bonds. The second-order valence-corrected chi connectivity index (χ2v) is 6.72. The first-order valence-corrected chi connectivity index (χ1v) is 9.37. The fraction of sp³-hybridized carbons (Fsp3) is 0.227. The van der Waals surface area contributed by atoms with Crippen LogP contribution in [0.4, 0.5) is 17.3 Å². The van der Waals surface area contributed by atoms with Crippen LogP contribution < -0.4 is 11.1 Å². The molecule has 0 bridgehead atoms. The SMILES string of the molecule is Cl.Nc1c(N=C2CCCC2)nc(-c2ccccc2)nc1NCc1ccccc1. The number of rotatable bonds is 5. The molecule has 3 aromatic rings. The molecule has 0 radical (unpaired) electrons. The fourth-order valence-electron chi connectivity index (χ4n) is 3.22. The van der Waals surface area contributed by atoms with Crippen molar-refractivity contribution in [1.29, 1.82) is 0 Å². The Kier molecular flexibility index (Phi) is 6.61. The van der Waals surface area contributed by atoms with Crippen LogP contribution in [0.2, 0.25) is 0 Å². The summed E-state index contributed by atoms with van der Waals surface area (Å²) >= 11 is 0. The van der Waals surface area contributed by atoms with E-state index in [0.29, 0.717) is 29.7 Å². The molecular formula is C22H24ClN5. The van der Waals surface area contributed by atoms with E-state index in [4.69, 9.17) is 10.7 Å². The van der Waals surface area contributed by atoms with Gasteiger partial charge in [0.05, 0.1) is 0 Å². The normalized spacial score (nSPS) is 13.1. The zero-order valence-corrected chi connectivity index (χ0v) is 16.5. The van der Waals surface area contributed by atoms with Crippen molar-refractivity contribution in [2.24, 2.45) is 4.99 Å². The standard InChI is InChI=1S/C22H23N5.ClH/c23-19-21(24-15-16-9-3-1-4-10-16)26-20(17-11-5-2-6-12-17)27-22(19)25-18-13-7-8-14-18;/h1-6,9-12H,7-8,13-15,23H2,(H,24,26,27);1H. The van der Waals surface area contributed by atoms with Gasteiger partial charge in [-0.25, -0.2) is 15.0 Å². The summed E-state index contributed by atoms with van der Waals surface area (Å²) < 4.78 is 0. The molecular weight excluding hydrogens is 370 g/mol. The zero-order chi connectivity index (χ0) is 18.5. The summed E-state index contributed by atoms with van der Waals surface area (Å²) in [4.78, 5) is 14.1. The highest BCUT2D eigenvalue weighted by Crippen LogP contribution is 2.31. The molecule has 1 aromatic heterocycles. The lowest BCUT2D eigenvalue weighted by atomic mass is 10.2. The van der Waals surface area contributed by atoms with E-state index in [0.717, 1.165) is 18.4 Å². The Morgan fingerprint density at radius 2 is 1.54 bits per heavy atom. The largest absolute Gasteiger partial charge is 0.393 e. The molecule has 144 valence electrons. The third-order valence-electron chi connectivity index (χ3n) is 4.71. The van der Waals surface area contributed by atoms with Crippen molar-refractivity contribution in [3.05, 3.63) is 66.2 Å². The molecule has 1 heterocycles. The van der Waals surface area contributed by atoms with E-state index in [1.54, 1.807) is 0 Å². The molecule has 6 heteroatoms. The molecule has 0 atom stereocenters. The maximum absolute atomic E-state index is 6.38. The average molecular weight is 394 g/mol. The molecule has 28 heavy (non-hydrogen) atoms. The maximum Gasteiger partial charge on any atom is 0.181 e. The topological polar surface area (TPSA) is 76.2 Å². The number of halogens is 1. The van der Waals surface area contributed by atoms with Gasteiger partial charge in [-0.05, 0) is 31.2 Å². The van der Waals surface area contributed by atoms with Crippen molar-refractivity contribution in [2.45, 2.75) is 32.2 Å². The number of nitrogen functional groups attached to an aromatic ring is 1. The van der Waals surface area contributed by atoms with Gasteiger partial charge in [0.15, 0.2) is 17.5 Å². The van der Waals surface area contributed by atoms with Crippen molar-refractivity contribution in [2.75, 3.05) is 11.1 Å². The Morgan fingerprint density at radius 1 is 0.893 bits per heavy atom. The van der Waals surface area contributed by atoms with Crippen LogP contribution in [0.15, 0.2) is 65.7 Å². The number of aliphatic imine (C=N–C) groups is 1. The van der Waals surface area contributed by atoms with Crippen molar-refractivity contribution < 1.29 is 0 Å². The predicted octanol–water partition coefficient (Wildman–Crippen LogP) is 5.41. The molecule has 4 rings (SSSR count). The molecule has 1 fully saturated rings. The molecule has 1 aliphatic carbocycles. The molecule has 0 aliphatic heterocycles. The Labute approximate surface area is 171 Å². The van der Waals surface area contributed by atoms with Gasteiger partial charge in [0, 0.05) is 17.8 Å². The first-order valence-electron chi connectivity index (χ1n) is 9.37. The maximum atomic E-state index is 6.38. The third-order valence-corrected chi connectivity index (χ3v) is 4.71. The summed E-state index contributed by atoms with van der Waals surface area (Å²) in [7, 11) is 0. The summed E-state index contributed by atoms with van der Waals surface area (Å²) in [5.41, 5.74) is 10.2. The number of hydrogen-bond donors (Lipinski definition) is 2. The van der Waals surface area contributed by atoms with E-state index in [9.17, 15) is 0 Å². The number of aromatic nitrogens is 2. The van der Waals surface area contributed by atoms with Crippen molar-refractivity contribution in [1.82, 2.24) is 9.97 Å². The number of nitrogens with zero attached hydrogens (tertiary/aromatic N) is 3. The number of benzene rings is 2. The van der Waals surface area contributed by atoms with Crippen LogP contribution in [0.1, 0.15) is 31.2 Å². The minimum atomic E-state index is 0. The monoisotopic (exact) mass is 393 g/mol. The summed E-state index contributed by atoms with van der Waals surface area (Å²) in [6.07, 6.45) is 4.43. The predicted molar refractivity (Wildman–Crippen MR) is 118 cm³/mol. The second kappa shape index (κ2) is 9.33. The van der Waals surface area contributed by atoms with E-state index in [1.165, 1.54) is 24.1 Å². The molecule has 5 nitrogen and oxygen atoms in total. The van der Waals surface area contributed by atoms with Crippen LogP contribution in [0.3, 0.4) is 0 Å². The molecule has 1 saturated carbocycles. The van der Waals surface area contributed by atoms with Crippen LogP contribution >= 0.6 is 12.4 Å². The first kappa shape index (κ1) is 19.8. The van der Waals surface area contributed by atoms with Gasteiger partial charge >= 0.3 is 0 Å². The Bertz CT molecular complexity index is 934. The molecule has 2 aromatic carbocycles. The zero-order valence-electron chi connectivity index (χ0n) is 15.6. The first-order chi connectivity index (χ1) is 13.3. The number of nitrogens with one attached hydrogen (secondary N) is 1. The number of hydrogen-bond acceptors (Lipinski definition) is 5. The van der Waals surface area contributed by atoms with E-state index in [-0.39, 0.29) is 12.4 Å². The van der Waals surface area contributed by atoms with E-state index in [2.05, 4.69) is 27.4 Å². The second-order valence-electron chi connectivity index (χ2n) is 6.72. The Morgan fingerprint density at radius 3 is 2.21 bits per heavy atom. The molecule has 3 N–H and O–H groups in total. The number of nitrogens with two attached hydrogens (primary N) is 1. The molecule has 1 aliphatic rings. The number of anilines is 2. The van der Waals surface area contributed by atoms with Gasteiger partial charge in [-0.15, -0.1) is 12.4 Å². The fourth-order valence-corrected chi connectivity index (χ4v) is 3.22. The summed E-state index contributed by atoms with van der Waals surface area (Å²) in [5.74, 6) is 1.83. The van der Waals surface area contributed by atoms with Gasteiger partial charge in [-0.2, -0.15) is 0 Å². The van der Waals surface area contributed by atoms with Crippen molar-refractivity contribution in [3.63, 3.8) is 0 Å². The Balaban J connectivity index is 0.00000225. The Hall–Kier alpha value is -2.92.